The van der Waals surface area contributed by atoms with Gasteiger partial charge in [-0.25, -0.2) is 15.0 Å². The van der Waals surface area contributed by atoms with Crippen LogP contribution in [0.15, 0.2) is 140 Å². The Morgan fingerprint density at radius 1 is 0.341 bits per heavy atom. The van der Waals surface area contributed by atoms with Crippen LogP contribution in [0.25, 0.3) is 76.2 Å². The second-order valence-electron chi connectivity index (χ2n) is 10.1. The Labute approximate surface area is 241 Å². The first kappa shape index (κ1) is 23.7. The molecule has 41 heavy (non-hydrogen) atoms. The van der Waals surface area contributed by atoms with Crippen LogP contribution < -0.4 is 0 Å². The first-order valence-electron chi connectivity index (χ1n) is 13.6. The second kappa shape index (κ2) is 9.77. The van der Waals surface area contributed by atoms with E-state index in [2.05, 4.69) is 109 Å². The molecule has 2 aromatic heterocycles. The Hall–Kier alpha value is -5.19. The van der Waals surface area contributed by atoms with Crippen molar-refractivity contribution in [3.63, 3.8) is 0 Å². The van der Waals surface area contributed by atoms with E-state index in [1.807, 2.05) is 30.3 Å². The molecule has 3 nitrogen and oxygen atoms in total. The van der Waals surface area contributed by atoms with Crippen LogP contribution in [0, 0.1) is 0 Å². The normalized spacial score (nSPS) is 11.4. The molecule has 6 aromatic carbocycles. The topological polar surface area (TPSA) is 38.7 Å². The summed E-state index contributed by atoms with van der Waals surface area (Å²) >= 11 is 1.81. The van der Waals surface area contributed by atoms with Crippen LogP contribution in [0.5, 0.6) is 0 Å². The highest BCUT2D eigenvalue weighted by Gasteiger charge is 2.14. The van der Waals surface area contributed by atoms with E-state index in [1.165, 1.54) is 36.7 Å². The van der Waals surface area contributed by atoms with Gasteiger partial charge in [0.2, 0.25) is 0 Å². The predicted octanol–water partition coefficient (Wildman–Crippen LogP) is 10.1. The van der Waals surface area contributed by atoms with Crippen molar-refractivity contribution in [3.05, 3.63) is 140 Å². The summed E-state index contributed by atoms with van der Waals surface area (Å²) in [7, 11) is 0. The van der Waals surface area contributed by atoms with Crippen LogP contribution in [0.1, 0.15) is 0 Å². The fourth-order valence-corrected chi connectivity index (χ4v) is 6.53. The Bertz CT molecular complexity index is 2200. The van der Waals surface area contributed by atoms with Gasteiger partial charge in [0.15, 0.2) is 17.5 Å². The first-order chi connectivity index (χ1) is 20.3. The van der Waals surface area contributed by atoms with Crippen LogP contribution in [0.3, 0.4) is 0 Å². The summed E-state index contributed by atoms with van der Waals surface area (Å²) in [5.74, 6) is 2.01. The van der Waals surface area contributed by atoms with Gasteiger partial charge in [-0.3, -0.25) is 0 Å². The minimum Gasteiger partial charge on any atom is -0.208 e. The summed E-state index contributed by atoms with van der Waals surface area (Å²) in [4.78, 5) is 14.9. The molecule has 0 saturated carbocycles. The van der Waals surface area contributed by atoms with Crippen LogP contribution >= 0.6 is 11.3 Å². The van der Waals surface area contributed by atoms with E-state index in [-0.39, 0.29) is 0 Å². The lowest BCUT2D eigenvalue weighted by molar-refractivity contribution is 1.08. The summed E-state index contributed by atoms with van der Waals surface area (Å²) < 4.78 is 2.49. The fourth-order valence-electron chi connectivity index (χ4n) is 5.41. The maximum Gasteiger partial charge on any atom is 0.164 e. The predicted molar refractivity (Wildman–Crippen MR) is 172 cm³/mol. The van der Waals surface area contributed by atoms with Crippen molar-refractivity contribution < 1.29 is 0 Å². The maximum atomic E-state index is 5.00. The van der Waals surface area contributed by atoms with Crippen molar-refractivity contribution in [1.82, 2.24) is 15.0 Å². The molecule has 0 aliphatic heterocycles. The molecule has 0 atom stereocenters. The zero-order chi connectivity index (χ0) is 27.2. The highest BCUT2D eigenvalue weighted by molar-refractivity contribution is 7.25. The van der Waals surface area contributed by atoms with Gasteiger partial charge in [0.05, 0.1) is 0 Å². The lowest BCUT2D eigenvalue weighted by Crippen LogP contribution is -2.00. The van der Waals surface area contributed by atoms with Gasteiger partial charge in [0, 0.05) is 36.9 Å². The van der Waals surface area contributed by atoms with Gasteiger partial charge in [0.25, 0.3) is 0 Å². The number of hydrogen-bond donors (Lipinski definition) is 0. The summed E-state index contributed by atoms with van der Waals surface area (Å²) in [5.41, 5.74) is 5.38. The number of nitrogens with zero attached hydrogens (tertiary/aromatic N) is 3. The number of fused-ring (bicyclic) bond motifs is 4. The molecule has 4 heteroatoms. The van der Waals surface area contributed by atoms with Crippen molar-refractivity contribution in [2.24, 2.45) is 0 Å². The lowest BCUT2D eigenvalue weighted by atomic mass is 10.0. The molecule has 0 unspecified atom stereocenters. The van der Waals surface area contributed by atoms with Crippen LogP contribution in [0.4, 0.5) is 0 Å². The Morgan fingerprint density at radius 3 is 1.68 bits per heavy atom. The molecule has 8 aromatic rings. The van der Waals surface area contributed by atoms with E-state index in [1.54, 1.807) is 11.3 Å². The molecule has 0 aliphatic rings. The minimum atomic E-state index is 0.669. The summed E-state index contributed by atoms with van der Waals surface area (Å²) in [6.45, 7) is 0. The average Bonchev–Trinajstić information content (AvgIpc) is 3.42. The van der Waals surface area contributed by atoms with Crippen molar-refractivity contribution in [3.8, 4) is 45.3 Å². The zero-order valence-electron chi connectivity index (χ0n) is 22.0. The quantitative estimate of drug-likeness (QED) is 0.222. The number of rotatable bonds is 4. The summed E-state index contributed by atoms with van der Waals surface area (Å²) in [6, 6.07) is 48.7. The highest BCUT2D eigenvalue weighted by atomic mass is 32.1. The van der Waals surface area contributed by atoms with E-state index in [4.69, 9.17) is 15.0 Å². The van der Waals surface area contributed by atoms with Crippen molar-refractivity contribution in [2.75, 3.05) is 0 Å². The van der Waals surface area contributed by atoms with Gasteiger partial charge >= 0.3 is 0 Å². The molecule has 0 aliphatic carbocycles. The monoisotopic (exact) mass is 541 g/mol. The number of hydrogen-bond acceptors (Lipinski definition) is 4. The number of thiophene rings is 1. The largest absolute Gasteiger partial charge is 0.208 e. The molecule has 0 fully saturated rings. The van der Waals surface area contributed by atoms with Crippen molar-refractivity contribution >= 4 is 42.3 Å². The third kappa shape index (κ3) is 4.35. The molecule has 0 radical (unpaired) electrons. The Balaban J connectivity index is 1.28. The number of aromatic nitrogens is 3. The van der Waals surface area contributed by atoms with Gasteiger partial charge in [0.1, 0.15) is 0 Å². The molecule has 0 saturated heterocycles. The molecule has 192 valence electrons. The molecule has 0 amide bonds. The second-order valence-corrected chi connectivity index (χ2v) is 11.2. The molecular formula is C37H23N3S. The van der Waals surface area contributed by atoms with Gasteiger partial charge in [-0.2, -0.15) is 0 Å². The molecule has 2 heterocycles. The zero-order valence-corrected chi connectivity index (χ0v) is 22.8. The lowest BCUT2D eigenvalue weighted by Gasteiger charge is -2.09. The van der Waals surface area contributed by atoms with E-state index < -0.39 is 0 Å². The molecule has 8 rings (SSSR count). The van der Waals surface area contributed by atoms with Gasteiger partial charge in [-0.05, 0) is 46.2 Å². The minimum absolute atomic E-state index is 0.669. The highest BCUT2D eigenvalue weighted by Crippen LogP contribution is 2.38. The van der Waals surface area contributed by atoms with E-state index >= 15 is 0 Å². The smallest absolute Gasteiger partial charge is 0.164 e. The SMILES string of the molecule is c1ccc(-c2ccc3sc4cc(-c5nc(-c6ccccc6)nc(-c6ccc7ccccc7c6)n5)ccc4c3c2)cc1. The summed E-state index contributed by atoms with van der Waals surface area (Å²) in [6.07, 6.45) is 0. The van der Waals surface area contributed by atoms with E-state index in [0.717, 1.165) is 22.1 Å². The molecular weight excluding hydrogens is 518 g/mol. The summed E-state index contributed by atoms with van der Waals surface area (Å²) in [5, 5.41) is 4.88. The van der Waals surface area contributed by atoms with Crippen molar-refractivity contribution in [2.45, 2.75) is 0 Å². The van der Waals surface area contributed by atoms with E-state index in [9.17, 15) is 0 Å². The Kier molecular flexibility index (Phi) is 5.64. The van der Waals surface area contributed by atoms with Crippen LogP contribution in [0.2, 0.25) is 0 Å². The molecule has 0 bridgehead atoms. The Morgan fingerprint density at radius 2 is 0.927 bits per heavy atom. The average molecular weight is 542 g/mol. The third-order valence-corrected chi connectivity index (χ3v) is 8.65. The third-order valence-electron chi connectivity index (χ3n) is 7.51. The van der Waals surface area contributed by atoms with E-state index in [0.29, 0.717) is 17.5 Å². The number of benzene rings is 6. The maximum absolute atomic E-state index is 5.00. The van der Waals surface area contributed by atoms with Crippen LogP contribution in [-0.4, -0.2) is 15.0 Å². The van der Waals surface area contributed by atoms with Gasteiger partial charge in [-0.15, -0.1) is 11.3 Å². The van der Waals surface area contributed by atoms with Gasteiger partial charge in [-0.1, -0.05) is 115 Å². The first-order valence-corrected chi connectivity index (χ1v) is 14.4. The standard InChI is InChI=1S/C37H23N3S/c1-3-9-24(10-4-1)28-18-20-33-32(22-28)31-19-17-30(23-34(31)41-33)37-39-35(26-12-5-2-6-13-26)38-36(40-37)29-16-15-25-11-7-8-14-27(25)21-29/h1-23H. The molecule has 0 spiro atoms. The fraction of sp³-hybridized carbons (Fsp3) is 0. The van der Waals surface area contributed by atoms with Gasteiger partial charge < -0.3 is 0 Å². The van der Waals surface area contributed by atoms with Crippen molar-refractivity contribution in [1.29, 1.82) is 0 Å². The molecule has 0 N–H and O–H groups in total. The van der Waals surface area contributed by atoms with Crippen LogP contribution in [-0.2, 0) is 0 Å².